The molecule has 0 spiro atoms. The number of hydrogen-bond acceptors (Lipinski definition) is 2. The van der Waals surface area contributed by atoms with Gasteiger partial charge in [0.2, 0.25) is 0 Å². The lowest BCUT2D eigenvalue weighted by Gasteiger charge is -2.34. The van der Waals surface area contributed by atoms with Crippen LogP contribution < -0.4 is 0 Å². The van der Waals surface area contributed by atoms with Gasteiger partial charge in [-0.25, -0.2) is 0 Å². The molecular formula is C13H29NOSi. The maximum Gasteiger partial charge on any atom is 0.0672 e. The van der Waals surface area contributed by atoms with Crippen molar-refractivity contribution in [3.8, 4) is 0 Å². The second-order valence-corrected chi connectivity index (χ2v) is 11.1. The van der Waals surface area contributed by atoms with Crippen LogP contribution in [0.25, 0.3) is 0 Å². The van der Waals surface area contributed by atoms with Crippen molar-refractivity contribution >= 4 is 8.07 Å². The highest BCUT2D eigenvalue weighted by Gasteiger charge is 2.35. The van der Waals surface area contributed by atoms with Crippen LogP contribution in [0.4, 0.5) is 0 Å². The summed E-state index contributed by atoms with van der Waals surface area (Å²) in [4.78, 5) is 2.35. The molecule has 1 fully saturated rings. The number of likely N-dealkylation sites (N-methyl/N-ethyl adjacent to an activating group) is 1. The maximum absolute atomic E-state index is 10.4. The first-order valence-electron chi connectivity index (χ1n) is 6.97. The van der Waals surface area contributed by atoms with Gasteiger partial charge in [-0.15, -0.1) is 0 Å². The van der Waals surface area contributed by atoms with Gasteiger partial charge in [0, 0.05) is 6.04 Å². The Bertz CT molecular complexity index is 198. The van der Waals surface area contributed by atoms with Gasteiger partial charge in [-0.2, -0.15) is 0 Å². The second-order valence-electron chi connectivity index (χ2n) is 5.52. The Balaban J connectivity index is 2.57. The quantitative estimate of drug-likeness (QED) is 0.725. The summed E-state index contributed by atoms with van der Waals surface area (Å²) in [5.74, 6) is 0. The molecule has 1 aliphatic heterocycles. The van der Waals surface area contributed by atoms with Crippen LogP contribution in [0.15, 0.2) is 0 Å². The standard InChI is InChI=1S/C13H29NOSi/c1-5-16(6-2,7-3)11-13(15)12-9-8-10-14(12)4/h12-13,15H,5-11H2,1-4H3/t12-,13+/m0/s1. The van der Waals surface area contributed by atoms with Crippen molar-refractivity contribution in [1.29, 1.82) is 0 Å². The number of nitrogens with zero attached hydrogens (tertiary/aromatic N) is 1. The molecule has 0 saturated carbocycles. The monoisotopic (exact) mass is 243 g/mol. The summed E-state index contributed by atoms with van der Waals surface area (Å²) in [6, 6.07) is 5.54. The SMILES string of the molecule is CC[Si](CC)(CC)C[C@@H](O)[C@@H]1CCCN1C. The number of likely N-dealkylation sites (tertiary alicyclic amines) is 1. The predicted molar refractivity (Wildman–Crippen MR) is 73.7 cm³/mol. The molecule has 1 rings (SSSR count). The van der Waals surface area contributed by atoms with Crippen molar-refractivity contribution in [1.82, 2.24) is 4.90 Å². The smallest absolute Gasteiger partial charge is 0.0672 e. The Labute approximate surface area is 102 Å². The third-order valence-corrected chi connectivity index (χ3v) is 10.7. The third kappa shape index (κ3) is 3.08. The molecule has 2 nitrogen and oxygen atoms in total. The molecule has 16 heavy (non-hydrogen) atoms. The summed E-state index contributed by atoms with van der Waals surface area (Å²) in [7, 11) is 1.01. The van der Waals surface area contributed by atoms with Crippen molar-refractivity contribution in [3.63, 3.8) is 0 Å². The molecule has 1 N–H and O–H groups in total. The average molecular weight is 243 g/mol. The normalized spacial score (nSPS) is 24.9. The highest BCUT2D eigenvalue weighted by atomic mass is 28.3. The van der Waals surface area contributed by atoms with E-state index in [0.717, 1.165) is 6.04 Å². The van der Waals surface area contributed by atoms with Gasteiger partial charge in [0.15, 0.2) is 0 Å². The third-order valence-electron chi connectivity index (χ3n) is 4.91. The minimum Gasteiger partial charge on any atom is -0.392 e. The lowest BCUT2D eigenvalue weighted by Crippen LogP contribution is -2.43. The first-order chi connectivity index (χ1) is 7.58. The van der Waals surface area contributed by atoms with Gasteiger partial charge >= 0.3 is 0 Å². The van der Waals surface area contributed by atoms with E-state index in [9.17, 15) is 5.11 Å². The van der Waals surface area contributed by atoms with Crippen molar-refractivity contribution in [2.24, 2.45) is 0 Å². The second kappa shape index (κ2) is 6.17. The fourth-order valence-corrected chi connectivity index (χ4v) is 6.71. The van der Waals surface area contributed by atoms with Gasteiger partial charge < -0.3 is 10.0 Å². The molecule has 1 heterocycles. The van der Waals surface area contributed by atoms with Gasteiger partial charge in [0.25, 0.3) is 0 Å². The Morgan fingerprint density at radius 2 is 1.81 bits per heavy atom. The molecule has 3 heteroatoms. The number of rotatable bonds is 6. The minimum absolute atomic E-state index is 0.0704. The van der Waals surface area contributed by atoms with E-state index in [4.69, 9.17) is 0 Å². The first kappa shape index (κ1) is 14.2. The van der Waals surface area contributed by atoms with Gasteiger partial charge in [-0.1, -0.05) is 38.9 Å². The van der Waals surface area contributed by atoms with E-state index < -0.39 is 8.07 Å². The molecule has 0 aromatic heterocycles. The van der Waals surface area contributed by atoms with Crippen LogP contribution in [0.3, 0.4) is 0 Å². The zero-order chi connectivity index (χ0) is 12.2. The zero-order valence-corrected chi connectivity index (χ0v) is 12.5. The van der Waals surface area contributed by atoms with E-state index in [1.807, 2.05) is 0 Å². The van der Waals surface area contributed by atoms with Crippen LogP contribution in [0.1, 0.15) is 33.6 Å². The summed E-state index contributed by atoms with van der Waals surface area (Å²) in [5, 5.41) is 10.4. The fourth-order valence-electron chi connectivity index (χ4n) is 3.18. The van der Waals surface area contributed by atoms with Crippen molar-refractivity contribution in [2.45, 2.75) is 69.9 Å². The van der Waals surface area contributed by atoms with Gasteiger partial charge in [-0.05, 0) is 32.5 Å². The maximum atomic E-state index is 10.4. The highest BCUT2D eigenvalue weighted by Crippen LogP contribution is 2.30. The van der Waals surface area contributed by atoms with Gasteiger partial charge in [0.1, 0.15) is 0 Å². The minimum atomic E-state index is -1.15. The zero-order valence-electron chi connectivity index (χ0n) is 11.5. The van der Waals surface area contributed by atoms with E-state index >= 15 is 0 Å². The Kier molecular flexibility index (Phi) is 5.48. The van der Waals surface area contributed by atoms with E-state index in [2.05, 4.69) is 32.7 Å². The Morgan fingerprint density at radius 3 is 2.19 bits per heavy atom. The lowest BCUT2D eigenvalue weighted by atomic mass is 10.1. The predicted octanol–water partition coefficient (Wildman–Crippen LogP) is 2.95. The van der Waals surface area contributed by atoms with E-state index in [1.165, 1.54) is 37.5 Å². The summed E-state index contributed by atoms with van der Waals surface area (Å²) in [6.07, 6.45) is 2.38. The van der Waals surface area contributed by atoms with Gasteiger partial charge in [-0.3, -0.25) is 0 Å². The Hall–Kier alpha value is 0.137. The van der Waals surface area contributed by atoms with Crippen molar-refractivity contribution in [2.75, 3.05) is 13.6 Å². The highest BCUT2D eigenvalue weighted by molar-refractivity contribution is 6.79. The first-order valence-corrected chi connectivity index (χ1v) is 9.79. The van der Waals surface area contributed by atoms with Crippen molar-refractivity contribution in [3.05, 3.63) is 0 Å². The largest absolute Gasteiger partial charge is 0.392 e. The van der Waals surface area contributed by atoms with Crippen LogP contribution >= 0.6 is 0 Å². The number of aliphatic hydroxyl groups excluding tert-OH is 1. The summed E-state index contributed by atoms with van der Waals surface area (Å²) in [6.45, 7) is 8.14. The molecule has 0 radical (unpaired) electrons. The molecule has 1 saturated heterocycles. The number of hydrogen-bond donors (Lipinski definition) is 1. The van der Waals surface area contributed by atoms with Crippen LogP contribution in [0.2, 0.25) is 24.2 Å². The summed E-state index contributed by atoms with van der Waals surface area (Å²) < 4.78 is 0. The molecule has 0 aliphatic carbocycles. The fraction of sp³-hybridized carbons (Fsp3) is 1.00. The van der Waals surface area contributed by atoms with E-state index in [1.54, 1.807) is 0 Å². The molecule has 96 valence electrons. The van der Waals surface area contributed by atoms with Crippen molar-refractivity contribution < 1.29 is 5.11 Å². The van der Waals surface area contributed by atoms with Gasteiger partial charge in [0.05, 0.1) is 14.2 Å². The molecule has 0 bridgehead atoms. The van der Waals surface area contributed by atoms with Crippen LogP contribution in [-0.4, -0.2) is 43.8 Å². The topological polar surface area (TPSA) is 23.5 Å². The molecule has 0 amide bonds. The average Bonchev–Trinajstić information content (AvgIpc) is 2.72. The molecule has 0 aromatic carbocycles. The lowest BCUT2D eigenvalue weighted by molar-refractivity contribution is 0.0992. The van der Waals surface area contributed by atoms with E-state index in [-0.39, 0.29) is 6.10 Å². The molecule has 1 aliphatic rings. The van der Waals surface area contributed by atoms with E-state index in [0.29, 0.717) is 6.04 Å². The summed E-state index contributed by atoms with van der Waals surface area (Å²) >= 11 is 0. The number of aliphatic hydroxyl groups is 1. The van der Waals surface area contributed by atoms with Crippen LogP contribution in [0, 0.1) is 0 Å². The van der Waals surface area contributed by atoms with Crippen LogP contribution in [0.5, 0.6) is 0 Å². The summed E-state index contributed by atoms with van der Waals surface area (Å²) in [5.41, 5.74) is 0. The van der Waals surface area contributed by atoms with Crippen LogP contribution in [-0.2, 0) is 0 Å². The molecular weight excluding hydrogens is 214 g/mol. The Morgan fingerprint density at radius 1 is 1.25 bits per heavy atom. The molecule has 0 unspecified atom stereocenters. The molecule has 2 atom stereocenters. The molecule has 0 aromatic rings.